The number of para-hydroxylation sites is 2. The van der Waals surface area contributed by atoms with Gasteiger partial charge in [0.15, 0.2) is 0 Å². The quantitative estimate of drug-likeness (QED) is 0.384. The van der Waals surface area contributed by atoms with Crippen LogP contribution in [0.5, 0.6) is 5.75 Å². The maximum absolute atomic E-state index is 10.6. The average Bonchev–Trinajstić information content (AvgIpc) is 3.11. The van der Waals surface area contributed by atoms with E-state index in [1.165, 1.54) is 26.8 Å². The van der Waals surface area contributed by atoms with Gasteiger partial charge in [-0.3, -0.25) is 0 Å². The molecule has 1 N–H and O–H groups in total. The third-order valence-corrected chi connectivity index (χ3v) is 9.64. The maximum atomic E-state index is 10.6. The van der Waals surface area contributed by atoms with Gasteiger partial charge in [-0.05, 0) is 0 Å². The standard InChI is InChI=1S/C24H32N2O.2CH3.Ga/c1-16(2)19-13-20(17(3)4)24(21(14-19)18(5)6)26-12-11-25(15-26)22-9-7-8-10-23(22)27;;;/h7-10,13-14,16-18,27H,11-12H2,1-6H3;2*1H3;/q+1;;;. The molecule has 2 aromatic carbocycles. The Morgan fingerprint density at radius 3 is 1.93 bits per heavy atom. The topological polar surface area (TPSA) is 26.5 Å². The van der Waals surface area contributed by atoms with E-state index < -0.39 is 16.2 Å². The summed E-state index contributed by atoms with van der Waals surface area (Å²) in [4.78, 5) is 2.39. The molecular formula is C26H38GaN2O+. The van der Waals surface area contributed by atoms with Crippen LogP contribution >= 0.6 is 0 Å². The summed E-state index contributed by atoms with van der Waals surface area (Å²) >= 11 is -1.71. The summed E-state index contributed by atoms with van der Waals surface area (Å²) < 4.78 is 4.08. The van der Waals surface area contributed by atoms with Crippen molar-refractivity contribution in [3.8, 4) is 5.75 Å². The summed E-state index contributed by atoms with van der Waals surface area (Å²) in [7, 11) is 0. The minimum absolute atomic E-state index is 0.378. The second kappa shape index (κ2) is 9.23. The number of rotatable bonds is 6. The van der Waals surface area contributed by atoms with Gasteiger partial charge in [0, 0.05) is 0 Å². The zero-order chi connectivity index (χ0) is 22.2. The average molecular weight is 464 g/mol. The molecular weight excluding hydrogens is 426 g/mol. The molecule has 1 heterocycles. The molecule has 0 aromatic heterocycles. The van der Waals surface area contributed by atoms with Crippen LogP contribution in [0.3, 0.4) is 0 Å². The van der Waals surface area contributed by atoms with Crippen molar-refractivity contribution < 1.29 is 9.68 Å². The summed E-state index contributed by atoms with van der Waals surface area (Å²) in [5.74, 6) is 1.84. The molecule has 2 aromatic rings. The molecule has 0 fully saturated rings. The zero-order valence-corrected chi connectivity index (χ0v) is 22.5. The van der Waals surface area contributed by atoms with Crippen molar-refractivity contribution in [1.29, 1.82) is 0 Å². The van der Waals surface area contributed by atoms with Crippen LogP contribution in [0.15, 0.2) is 36.4 Å². The van der Waals surface area contributed by atoms with E-state index in [9.17, 15) is 5.11 Å². The van der Waals surface area contributed by atoms with Gasteiger partial charge in [0.25, 0.3) is 0 Å². The number of anilines is 1. The Morgan fingerprint density at radius 2 is 1.47 bits per heavy atom. The molecule has 3 nitrogen and oxygen atoms in total. The predicted octanol–water partition coefficient (Wildman–Crippen LogP) is 6.62. The van der Waals surface area contributed by atoms with Crippen LogP contribution in [-0.4, -0.2) is 43.4 Å². The van der Waals surface area contributed by atoms with Gasteiger partial charge in [-0.15, -0.1) is 0 Å². The molecule has 0 atom stereocenters. The molecule has 1 aliphatic rings. The van der Waals surface area contributed by atoms with Crippen molar-refractivity contribution >= 4 is 32.0 Å². The Bertz CT molecular complexity index is 915. The van der Waals surface area contributed by atoms with E-state index in [1.807, 2.05) is 12.1 Å². The summed E-state index contributed by atoms with van der Waals surface area (Å²) in [5, 5.41) is 10.6. The fraction of sp³-hybridized carbons (Fsp3) is 0.500. The number of hydrogen-bond acceptors (Lipinski definition) is 2. The molecule has 0 bridgehead atoms. The Balaban J connectivity index is 2.30. The number of phenolic OH excluding ortho intramolecular Hbond substituents is 1. The van der Waals surface area contributed by atoms with E-state index in [0.717, 1.165) is 18.8 Å². The van der Waals surface area contributed by atoms with Gasteiger partial charge in [-0.2, -0.15) is 0 Å². The Hall–Kier alpha value is -1.65. The third-order valence-electron chi connectivity index (χ3n) is 6.16. The monoisotopic (exact) mass is 463 g/mol. The van der Waals surface area contributed by atoms with E-state index >= 15 is 0 Å². The van der Waals surface area contributed by atoms with Crippen molar-refractivity contribution in [2.45, 2.75) is 70.3 Å². The number of aromatic hydroxyl groups is 1. The van der Waals surface area contributed by atoms with Crippen LogP contribution in [0, 0.1) is 0 Å². The van der Waals surface area contributed by atoms with E-state index in [4.69, 9.17) is 0 Å². The van der Waals surface area contributed by atoms with Crippen LogP contribution in [0.4, 0.5) is 11.4 Å². The Morgan fingerprint density at radius 1 is 0.900 bits per heavy atom. The molecule has 1 aliphatic heterocycles. The predicted molar refractivity (Wildman–Crippen MR) is 131 cm³/mol. The van der Waals surface area contributed by atoms with Crippen LogP contribution in [-0.2, 0) is 0 Å². The van der Waals surface area contributed by atoms with E-state index in [2.05, 4.69) is 80.2 Å². The molecule has 160 valence electrons. The van der Waals surface area contributed by atoms with Crippen molar-refractivity contribution in [1.82, 2.24) is 0 Å². The first-order valence-electron chi connectivity index (χ1n) is 11.5. The molecule has 3 rings (SSSR count). The first-order valence-corrected chi connectivity index (χ1v) is 17.6. The van der Waals surface area contributed by atoms with E-state index in [-0.39, 0.29) is 0 Å². The molecule has 0 amide bonds. The van der Waals surface area contributed by atoms with E-state index in [1.54, 1.807) is 6.07 Å². The number of phenols is 1. The van der Waals surface area contributed by atoms with Gasteiger partial charge in [-0.25, -0.2) is 0 Å². The van der Waals surface area contributed by atoms with Crippen molar-refractivity contribution in [3.05, 3.63) is 53.1 Å². The first-order chi connectivity index (χ1) is 14.1. The zero-order valence-electron chi connectivity index (χ0n) is 20.0. The van der Waals surface area contributed by atoms with Crippen molar-refractivity contribution in [3.63, 3.8) is 0 Å². The summed E-state index contributed by atoms with van der Waals surface area (Å²) in [5.41, 5.74) is 11.6. The number of hydrogen-bond donors (Lipinski definition) is 1. The summed E-state index contributed by atoms with van der Waals surface area (Å²) in [6.07, 6.45) is 0. The Labute approximate surface area is 188 Å². The van der Waals surface area contributed by atoms with Crippen LogP contribution in [0.25, 0.3) is 0 Å². The van der Waals surface area contributed by atoms with Crippen molar-refractivity contribution in [2.75, 3.05) is 18.0 Å². The van der Waals surface area contributed by atoms with Gasteiger partial charge in [0.05, 0.1) is 0 Å². The molecule has 4 heteroatoms. The normalized spacial score (nSPS) is 14.6. The number of amidine groups is 1. The first kappa shape index (κ1) is 23.0. The Kier molecular flexibility index (Phi) is 7.08. The van der Waals surface area contributed by atoms with Crippen LogP contribution in [0.1, 0.15) is 76.0 Å². The molecule has 0 saturated carbocycles. The van der Waals surface area contributed by atoms with Gasteiger partial charge in [0.1, 0.15) is 0 Å². The molecule has 0 saturated heterocycles. The molecule has 30 heavy (non-hydrogen) atoms. The molecule has 0 aliphatic carbocycles. The van der Waals surface area contributed by atoms with Gasteiger partial charge in [-0.1, -0.05) is 0 Å². The molecule has 0 spiro atoms. The second-order valence-electron chi connectivity index (χ2n) is 9.82. The molecule has 0 unspecified atom stereocenters. The van der Waals surface area contributed by atoms with Crippen molar-refractivity contribution in [2.24, 2.45) is 0 Å². The molecule has 0 radical (unpaired) electrons. The fourth-order valence-electron chi connectivity index (χ4n) is 4.59. The SMILES string of the molecule is CC(C)c1cc(C(C)C)c([N+]2=[C]([Ga]([CH3])[CH3])N(c3ccccc3O)CC2)c(C(C)C)c1. The summed E-state index contributed by atoms with van der Waals surface area (Å²) in [6, 6.07) is 12.7. The minimum atomic E-state index is -1.71. The second-order valence-corrected chi connectivity index (χ2v) is 15.7. The fourth-order valence-corrected chi connectivity index (χ4v) is 8.31. The van der Waals surface area contributed by atoms with Gasteiger partial charge < -0.3 is 0 Å². The number of nitrogens with zero attached hydrogens (tertiary/aromatic N) is 2. The van der Waals surface area contributed by atoms with Gasteiger partial charge >= 0.3 is 189 Å². The number of benzene rings is 2. The van der Waals surface area contributed by atoms with Crippen LogP contribution < -0.4 is 4.90 Å². The van der Waals surface area contributed by atoms with Crippen LogP contribution in [0.2, 0.25) is 11.0 Å². The summed E-state index contributed by atoms with van der Waals surface area (Å²) in [6.45, 7) is 15.8. The van der Waals surface area contributed by atoms with E-state index in [0.29, 0.717) is 23.5 Å². The van der Waals surface area contributed by atoms with Gasteiger partial charge in [0.2, 0.25) is 0 Å². The third kappa shape index (κ3) is 4.35.